The van der Waals surface area contributed by atoms with Crippen LogP contribution in [0, 0.1) is 0 Å². The summed E-state index contributed by atoms with van der Waals surface area (Å²) in [5.74, 6) is 0. The molecule has 2 atom stereocenters. The SMILES string of the molecule is CNPC(C)(C)CNC(=O)N(F)C(=O)NCPC(C)(C)N. The van der Waals surface area contributed by atoms with Crippen LogP contribution in [0.3, 0.4) is 0 Å². The number of carbonyl (C=O) groups is 2. The Kier molecular flexibility index (Phi) is 8.56. The lowest BCUT2D eigenvalue weighted by Crippen LogP contribution is -2.47. The molecule has 4 amide bonds. The van der Waals surface area contributed by atoms with Gasteiger partial charge in [-0.2, -0.15) is 0 Å². The summed E-state index contributed by atoms with van der Waals surface area (Å²) in [6.45, 7) is 7.73. The first-order valence-corrected chi connectivity index (χ1v) is 8.68. The molecule has 0 radical (unpaired) electrons. The summed E-state index contributed by atoms with van der Waals surface area (Å²) >= 11 is 0. The highest BCUT2D eigenvalue weighted by molar-refractivity contribution is 7.39. The van der Waals surface area contributed by atoms with Gasteiger partial charge in [-0.05, 0) is 29.6 Å². The largest absolute Gasteiger partial charge is 0.354 e. The van der Waals surface area contributed by atoms with Crippen molar-refractivity contribution in [3.63, 3.8) is 0 Å². The third kappa shape index (κ3) is 9.91. The second kappa shape index (κ2) is 8.79. The molecule has 21 heavy (non-hydrogen) atoms. The first-order valence-electron chi connectivity index (χ1n) is 6.48. The Morgan fingerprint density at radius 2 is 1.71 bits per heavy atom. The van der Waals surface area contributed by atoms with Crippen molar-refractivity contribution in [1.82, 2.24) is 20.8 Å². The van der Waals surface area contributed by atoms with Crippen molar-refractivity contribution in [1.29, 1.82) is 0 Å². The van der Waals surface area contributed by atoms with Gasteiger partial charge in [0.2, 0.25) is 0 Å². The van der Waals surface area contributed by atoms with E-state index in [0.29, 0.717) is 8.73 Å². The van der Waals surface area contributed by atoms with Crippen molar-refractivity contribution in [2.75, 3.05) is 19.9 Å². The molecular formula is C11H26FN5O2P2. The number of amides is 4. The molecule has 5 N–H and O–H groups in total. The molecule has 0 aliphatic rings. The quantitative estimate of drug-likeness (QED) is 0.417. The highest BCUT2D eigenvalue weighted by atomic mass is 31.1. The Labute approximate surface area is 128 Å². The molecule has 124 valence electrons. The highest BCUT2D eigenvalue weighted by Crippen LogP contribution is 2.26. The van der Waals surface area contributed by atoms with Gasteiger partial charge in [-0.15, -0.1) is 0 Å². The lowest BCUT2D eigenvalue weighted by Gasteiger charge is -2.25. The normalized spacial score (nSPS) is 13.1. The standard InChI is InChI=1S/C11H26FN5O2P2/c1-10(2,21-14-5)6-15-8(18)17(12)9(19)16-7-20-11(3,4)13/h14,20-21H,6-7,13H2,1-5H3,(H,15,18)(H,16,19). The molecule has 2 unspecified atom stereocenters. The molecule has 0 aromatic heterocycles. The van der Waals surface area contributed by atoms with Crippen LogP contribution in [0.4, 0.5) is 14.1 Å². The average Bonchev–Trinajstić information content (AvgIpc) is 2.33. The minimum absolute atomic E-state index is 0.216. The molecule has 0 aliphatic heterocycles. The van der Waals surface area contributed by atoms with Crippen LogP contribution in [0.25, 0.3) is 0 Å². The summed E-state index contributed by atoms with van der Waals surface area (Å²) in [4.78, 5) is 23.0. The van der Waals surface area contributed by atoms with Crippen LogP contribution in [0.1, 0.15) is 27.7 Å². The molecule has 0 aliphatic carbocycles. The average molecular weight is 341 g/mol. The van der Waals surface area contributed by atoms with Gasteiger partial charge < -0.3 is 21.5 Å². The van der Waals surface area contributed by atoms with Gasteiger partial charge in [0.05, 0.1) is 0 Å². The van der Waals surface area contributed by atoms with Gasteiger partial charge >= 0.3 is 12.1 Å². The Balaban J connectivity index is 4.17. The summed E-state index contributed by atoms with van der Waals surface area (Å²) in [6, 6.07) is -2.16. The minimum atomic E-state index is -1.09. The number of rotatable bonds is 7. The lowest BCUT2D eigenvalue weighted by molar-refractivity contribution is 0.0926. The van der Waals surface area contributed by atoms with E-state index in [2.05, 4.69) is 15.7 Å². The van der Waals surface area contributed by atoms with Crippen molar-refractivity contribution >= 4 is 29.4 Å². The second-order valence-corrected chi connectivity index (χ2v) is 9.85. The molecule has 10 heteroatoms. The maximum absolute atomic E-state index is 13.5. The van der Waals surface area contributed by atoms with E-state index in [0.717, 1.165) is 0 Å². The zero-order chi connectivity index (χ0) is 16.7. The van der Waals surface area contributed by atoms with Crippen LogP contribution in [0.2, 0.25) is 0 Å². The van der Waals surface area contributed by atoms with Crippen molar-refractivity contribution < 1.29 is 14.1 Å². The molecule has 0 fully saturated rings. The molecule has 0 bridgehead atoms. The van der Waals surface area contributed by atoms with E-state index >= 15 is 0 Å². The first-order chi connectivity index (χ1) is 9.48. The molecule has 0 saturated heterocycles. The second-order valence-electron chi connectivity index (χ2n) is 5.76. The monoisotopic (exact) mass is 341 g/mol. The van der Waals surface area contributed by atoms with E-state index in [1.54, 1.807) is 7.05 Å². The fraction of sp³-hybridized carbons (Fsp3) is 0.818. The summed E-state index contributed by atoms with van der Waals surface area (Å²) in [6.07, 6.45) is 0.225. The molecule has 0 aromatic rings. The molecule has 0 spiro atoms. The van der Waals surface area contributed by atoms with Gasteiger partial charge in [-0.3, -0.25) is 0 Å². The molecule has 0 saturated carbocycles. The smallest absolute Gasteiger partial charge is 0.335 e. The first kappa shape index (κ1) is 20.5. The topological polar surface area (TPSA) is 99.5 Å². The van der Waals surface area contributed by atoms with E-state index in [-0.39, 0.29) is 26.6 Å². The van der Waals surface area contributed by atoms with Crippen LogP contribution in [-0.2, 0) is 0 Å². The van der Waals surface area contributed by atoms with Gasteiger partial charge in [-0.1, -0.05) is 32.0 Å². The zero-order valence-electron chi connectivity index (χ0n) is 13.1. The fourth-order valence-electron chi connectivity index (χ4n) is 1.26. The Morgan fingerprint density at radius 1 is 1.19 bits per heavy atom. The van der Waals surface area contributed by atoms with Crippen LogP contribution >= 0.6 is 17.3 Å². The summed E-state index contributed by atoms with van der Waals surface area (Å²) < 4.78 is 13.5. The Hall–Kier alpha value is -0.550. The minimum Gasteiger partial charge on any atom is -0.335 e. The predicted molar refractivity (Wildman–Crippen MR) is 87.8 cm³/mol. The fourth-order valence-corrected chi connectivity index (χ4v) is 2.81. The van der Waals surface area contributed by atoms with E-state index in [9.17, 15) is 14.1 Å². The van der Waals surface area contributed by atoms with Gasteiger partial charge in [0.1, 0.15) is 0 Å². The van der Waals surface area contributed by atoms with E-state index in [1.807, 2.05) is 27.7 Å². The van der Waals surface area contributed by atoms with E-state index < -0.39 is 22.5 Å². The number of hydrogen-bond acceptors (Lipinski definition) is 4. The number of nitrogens with one attached hydrogen (secondary N) is 3. The van der Waals surface area contributed by atoms with Gasteiger partial charge in [0.15, 0.2) is 0 Å². The highest BCUT2D eigenvalue weighted by Gasteiger charge is 2.24. The van der Waals surface area contributed by atoms with Crippen molar-refractivity contribution in [3.8, 4) is 0 Å². The number of nitrogens with zero attached hydrogens (tertiary/aromatic N) is 1. The maximum atomic E-state index is 13.5. The number of hydrogen-bond donors (Lipinski definition) is 4. The summed E-state index contributed by atoms with van der Waals surface area (Å²) in [7, 11) is 2.43. The molecular weight excluding hydrogens is 315 g/mol. The van der Waals surface area contributed by atoms with Crippen LogP contribution in [0.5, 0.6) is 0 Å². The Morgan fingerprint density at radius 3 is 2.19 bits per heavy atom. The zero-order valence-corrected chi connectivity index (χ0v) is 15.1. The van der Waals surface area contributed by atoms with Gasteiger partial charge in [0.25, 0.3) is 0 Å². The Bertz CT molecular complexity index is 363. The van der Waals surface area contributed by atoms with Crippen molar-refractivity contribution in [3.05, 3.63) is 0 Å². The van der Waals surface area contributed by atoms with Crippen LogP contribution < -0.4 is 21.5 Å². The van der Waals surface area contributed by atoms with E-state index in [4.69, 9.17) is 5.73 Å². The third-order valence-electron chi connectivity index (χ3n) is 2.29. The lowest BCUT2D eigenvalue weighted by atomic mass is 10.2. The number of halogens is 1. The molecule has 7 nitrogen and oxygen atoms in total. The third-order valence-corrected chi connectivity index (χ3v) is 4.65. The van der Waals surface area contributed by atoms with Crippen LogP contribution in [-0.4, -0.2) is 47.5 Å². The van der Waals surface area contributed by atoms with Crippen LogP contribution in [0.15, 0.2) is 0 Å². The number of nitrogens with two attached hydrogens (primary N) is 1. The number of carbonyl (C=O) groups excluding carboxylic acids is 2. The van der Waals surface area contributed by atoms with E-state index in [1.165, 1.54) is 0 Å². The summed E-state index contributed by atoms with van der Waals surface area (Å²) in [5.41, 5.74) is 5.75. The number of imide groups is 1. The molecule has 0 aromatic carbocycles. The van der Waals surface area contributed by atoms with Gasteiger partial charge in [-0.25, -0.2) is 9.59 Å². The maximum Gasteiger partial charge on any atom is 0.354 e. The van der Waals surface area contributed by atoms with Crippen molar-refractivity contribution in [2.45, 2.75) is 38.1 Å². The number of urea groups is 2. The predicted octanol–water partition coefficient (Wildman–Crippen LogP) is 1.51. The van der Waals surface area contributed by atoms with Gasteiger partial charge in [0, 0.05) is 23.3 Å². The van der Waals surface area contributed by atoms with Crippen molar-refractivity contribution in [2.24, 2.45) is 5.73 Å². The molecule has 0 heterocycles. The summed E-state index contributed by atoms with van der Waals surface area (Å²) in [5, 5.41) is 6.61. The molecule has 0 rings (SSSR count).